The molecule has 2 fully saturated rings. The van der Waals surface area contributed by atoms with Crippen LogP contribution in [0.3, 0.4) is 0 Å². The lowest BCUT2D eigenvalue weighted by atomic mass is 9.87. The lowest BCUT2D eigenvalue weighted by Gasteiger charge is -2.30. The van der Waals surface area contributed by atoms with Crippen LogP contribution < -0.4 is 5.32 Å². The number of nitrogens with one attached hydrogen (secondary N) is 1. The number of nitrogens with zero attached hydrogens (tertiary/aromatic N) is 1. The van der Waals surface area contributed by atoms with Gasteiger partial charge in [0.2, 0.25) is 15.9 Å². The van der Waals surface area contributed by atoms with Gasteiger partial charge in [-0.15, -0.1) is 0 Å². The minimum atomic E-state index is -3.52. The molecule has 7 heteroatoms. The molecule has 2 aliphatic rings. The summed E-state index contributed by atoms with van der Waals surface area (Å²) in [6, 6.07) is 6.23. The highest BCUT2D eigenvalue weighted by atomic mass is 35.5. The Balaban J connectivity index is 1.45. The fourth-order valence-corrected chi connectivity index (χ4v) is 5.73. The molecule has 1 saturated carbocycles. The highest BCUT2D eigenvalue weighted by Crippen LogP contribution is 2.27. The average Bonchev–Trinajstić information content (AvgIpc) is 2.69. The van der Waals surface area contributed by atoms with Crippen LogP contribution in [0.4, 0.5) is 0 Å². The van der Waals surface area contributed by atoms with Crippen LogP contribution >= 0.6 is 11.6 Å². The van der Waals surface area contributed by atoms with E-state index >= 15 is 0 Å². The zero-order valence-corrected chi connectivity index (χ0v) is 17.3. The molecule has 0 aromatic heterocycles. The van der Waals surface area contributed by atoms with Crippen molar-refractivity contribution in [1.29, 1.82) is 0 Å². The Morgan fingerprint density at radius 3 is 2.30 bits per heavy atom. The van der Waals surface area contributed by atoms with Gasteiger partial charge in [0.05, 0.1) is 4.90 Å². The first-order valence-corrected chi connectivity index (χ1v) is 11.8. The third kappa shape index (κ3) is 5.46. The fraction of sp³-hybridized carbons (Fsp3) is 0.650. The number of piperidine rings is 1. The first-order valence-electron chi connectivity index (χ1n) is 10.0. The summed E-state index contributed by atoms with van der Waals surface area (Å²) >= 11 is 5.84. The Morgan fingerprint density at radius 1 is 1.04 bits per heavy atom. The van der Waals surface area contributed by atoms with Crippen LogP contribution in [-0.4, -0.2) is 38.3 Å². The van der Waals surface area contributed by atoms with Gasteiger partial charge in [-0.25, -0.2) is 8.42 Å². The van der Waals surface area contributed by atoms with Crippen molar-refractivity contribution in [3.63, 3.8) is 0 Å². The zero-order valence-electron chi connectivity index (χ0n) is 15.7. The summed E-state index contributed by atoms with van der Waals surface area (Å²) in [7, 11) is -3.52. The van der Waals surface area contributed by atoms with Crippen molar-refractivity contribution in [3.8, 4) is 0 Å². The predicted molar refractivity (Wildman–Crippen MR) is 107 cm³/mol. The third-order valence-electron chi connectivity index (χ3n) is 5.85. The van der Waals surface area contributed by atoms with Gasteiger partial charge >= 0.3 is 0 Å². The van der Waals surface area contributed by atoms with E-state index in [9.17, 15) is 13.2 Å². The van der Waals surface area contributed by atoms with E-state index in [0.717, 1.165) is 18.9 Å². The normalized spacial score (nSPS) is 20.5. The van der Waals surface area contributed by atoms with Crippen molar-refractivity contribution >= 4 is 27.5 Å². The fourth-order valence-electron chi connectivity index (χ4n) is 4.13. The summed E-state index contributed by atoms with van der Waals surface area (Å²) < 4.78 is 26.9. The molecule has 0 atom stereocenters. The molecule has 0 radical (unpaired) electrons. The van der Waals surface area contributed by atoms with Crippen LogP contribution in [0.5, 0.6) is 0 Å². The van der Waals surface area contributed by atoms with Crippen molar-refractivity contribution in [2.45, 2.75) is 56.3 Å². The molecule has 1 aliphatic carbocycles. The molecule has 1 saturated heterocycles. The average molecular weight is 413 g/mol. The second kappa shape index (κ2) is 9.39. The lowest BCUT2D eigenvalue weighted by Crippen LogP contribution is -2.43. The van der Waals surface area contributed by atoms with Crippen molar-refractivity contribution in [2.24, 2.45) is 11.8 Å². The molecule has 5 nitrogen and oxygen atoms in total. The molecule has 1 amide bonds. The first kappa shape index (κ1) is 20.6. The Labute approximate surface area is 167 Å². The van der Waals surface area contributed by atoms with Crippen LogP contribution in [-0.2, 0) is 14.8 Å². The topological polar surface area (TPSA) is 66.5 Å². The highest BCUT2D eigenvalue weighted by molar-refractivity contribution is 7.89. The summed E-state index contributed by atoms with van der Waals surface area (Å²) in [6.45, 7) is 1.50. The number of carbonyl (C=O) groups excluding carboxylic acids is 1. The van der Waals surface area contributed by atoms with Gasteiger partial charge in [0.15, 0.2) is 0 Å². The number of benzene rings is 1. The Kier molecular flexibility index (Phi) is 7.17. The standard InChI is InChI=1S/C20H29ClN2O3S/c21-18-6-8-19(9-7-18)27(25,26)23-14-11-17(12-15-23)20(24)22-13-10-16-4-2-1-3-5-16/h6-9,16-17H,1-5,10-15H2,(H,22,24). The van der Waals surface area contributed by atoms with E-state index in [1.165, 1.54) is 48.5 Å². The SMILES string of the molecule is O=C(NCCC1CCCCC1)C1CCN(S(=O)(=O)c2ccc(Cl)cc2)CC1. The van der Waals surface area contributed by atoms with Crippen molar-refractivity contribution < 1.29 is 13.2 Å². The zero-order chi connectivity index (χ0) is 19.3. The number of hydrogen-bond acceptors (Lipinski definition) is 3. The first-order chi connectivity index (χ1) is 13.0. The number of sulfonamides is 1. The van der Waals surface area contributed by atoms with Crippen LogP contribution in [0, 0.1) is 11.8 Å². The number of halogens is 1. The van der Waals surface area contributed by atoms with E-state index < -0.39 is 10.0 Å². The van der Waals surface area contributed by atoms with Crippen LogP contribution in [0.1, 0.15) is 51.4 Å². The molecular formula is C20H29ClN2O3S. The molecule has 3 rings (SSSR count). The predicted octanol–water partition coefficient (Wildman–Crippen LogP) is 3.83. The number of amides is 1. The number of carbonyl (C=O) groups is 1. The molecule has 27 heavy (non-hydrogen) atoms. The largest absolute Gasteiger partial charge is 0.356 e. The van der Waals surface area contributed by atoms with E-state index in [-0.39, 0.29) is 16.7 Å². The molecule has 0 unspecified atom stereocenters. The second-order valence-electron chi connectivity index (χ2n) is 7.72. The summed E-state index contributed by atoms with van der Waals surface area (Å²) in [4.78, 5) is 12.7. The van der Waals surface area contributed by atoms with Crippen molar-refractivity contribution in [2.75, 3.05) is 19.6 Å². The third-order valence-corrected chi connectivity index (χ3v) is 8.02. The van der Waals surface area contributed by atoms with Gasteiger partial charge in [-0.3, -0.25) is 4.79 Å². The molecule has 1 aromatic carbocycles. The molecule has 1 N–H and O–H groups in total. The van der Waals surface area contributed by atoms with Gasteiger partial charge in [0, 0.05) is 30.6 Å². The molecule has 0 bridgehead atoms. The maximum Gasteiger partial charge on any atom is 0.243 e. The minimum Gasteiger partial charge on any atom is -0.356 e. The smallest absolute Gasteiger partial charge is 0.243 e. The molecule has 1 heterocycles. The molecular weight excluding hydrogens is 384 g/mol. The summed E-state index contributed by atoms with van der Waals surface area (Å²) in [6.07, 6.45) is 8.77. The van der Waals surface area contributed by atoms with Gasteiger partial charge in [-0.05, 0) is 49.4 Å². The molecule has 150 valence electrons. The summed E-state index contributed by atoms with van der Waals surface area (Å²) in [5.41, 5.74) is 0. The Hall–Kier alpha value is -1.11. The van der Waals surface area contributed by atoms with Crippen molar-refractivity contribution in [1.82, 2.24) is 9.62 Å². The highest BCUT2D eigenvalue weighted by Gasteiger charge is 2.32. The van der Waals surface area contributed by atoms with Crippen LogP contribution in [0.2, 0.25) is 5.02 Å². The lowest BCUT2D eigenvalue weighted by molar-refractivity contribution is -0.126. The Bertz CT molecular complexity index is 722. The monoisotopic (exact) mass is 412 g/mol. The summed E-state index contributed by atoms with van der Waals surface area (Å²) in [5.74, 6) is 0.743. The molecule has 0 spiro atoms. The van der Waals surface area contributed by atoms with Crippen LogP contribution in [0.25, 0.3) is 0 Å². The van der Waals surface area contributed by atoms with E-state index in [2.05, 4.69) is 5.32 Å². The van der Waals surface area contributed by atoms with E-state index in [0.29, 0.717) is 31.0 Å². The van der Waals surface area contributed by atoms with E-state index in [4.69, 9.17) is 11.6 Å². The van der Waals surface area contributed by atoms with Crippen molar-refractivity contribution in [3.05, 3.63) is 29.3 Å². The minimum absolute atomic E-state index is 0.0781. The number of rotatable bonds is 6. The van der Waals surface area contributed by atoms with Gasteiger partial charge < -0.3 is 5.32 Å². The van der Waals surface area contributed by atoms with E-state index in [1.54, 1.807) is 12.1 Å². The van der Waals surface area contributed by atoms with Gasteiger partial charge in [-0.2, -0.15) is 4.31 Å². The van der Waals surface area contributed by atoms with Gasteiger partial charge in [0.25, 0.3) is 0 Å². The molecule has 1 aliphatic heterocycles. The van der Waals surface area contributed by atoms with Gasteiger partial charge in [-0.1, -0.05) is 43.7 Å². The van der Waals surface area contributed by atoms with Crippen LogP contribution in [0.15, 0.2) is 29.2 Å². The molecule has 1 aromatic rings. The quantitative estimate of drug-likeness (QED) is 0.772. The summed E-state index contributed by atoms with van der Waals surface area (Å²) in [5, 5.41) is 3.58. The van der Waals surface area contributed by atoms with E-state index in [1.807, 2.05) is 0 Å². The van der Waals surface area contributed by atoms with Gasteiger partial charge in [0.1, 0.15) is 0 Å². The maximum atomic E-state index is 12.7. The maximum absolute atomic E-state index is 12.7. The number of hydrogen-bond donors (Lipinski definition) is 1. The second-order valence-corrected chi connectivity index (χ2v) is 10.1. The Morgan fingerprint density at radius 2 is 1.67 bits per heavy atom.